The lowest BCUT2D eigenvalue weighted by Gasteiger charge is -2.35. The van der Waals surface area contributed by atoms with Crippen LogP contribution in [0.15, 0.2) is 150 Å². The zero-order valence-corrected chi connectivity index (χ0v) is 35.2. The maximum atomic E-state index is 6.63. The van der Waals surface area contributed by atoms with Gasteiger partial charge in [0.25, 0.3) is 0 Å². The van der Waals surface area contributed by atoms with Crippen molar-refractivity contribution in [1.82, 2.24) is 0 Å². The Bertz CT molecular complexity index is 3100. The smallest absolute Gasteiger partial charge is 0.135 e. The molecule has 4 aliphatic carbocycles. The van der Waals surface area contributed by atoms with E-state index < -0.39 is 0 Å². The third kappa shape index (κ3) is 5.79. The molecule has 0 N–H and O–H groups in total. The first-order valence-corrected chi connectivity index (χ1v) is 22.3. The third-order valence-corrected chi connectivity index (χ3v) is 14.1. The first-order chi connectivity index (χ1) is 29.9. The van der Waals surface area contributed by atoms with Crippen molar-refractivity contribution in [3.05, 3.63) is 179 Å². The van der Waals surface area contributed by atoms with Crippen molar-refractivity contribution >= 4 is 73.3 Å². The molecule has 0 radical (unpaired) electrons. The molecular formula is C57H50N2O2. The van der Waals surface area contributed by atoms with Crippen molar-refractivity contribution in [3.63, 3.8) is 0 Å². The Balaban J connectivity index is 1.09. The van der Waals surface area contributed by atoms with Crippen molar-refractivity contribution in [2.45, 2.75) is 77.2 Å². The predicted octanol–water partition coefficient (Wildman–Crippen LogP) is 15.4. The Kier molecular flexibility index (Phi) is 8.36. The third-order valence-electron chi connectivity index (χ3n) is 14.1. The summed E-state index contributed by atoms with van der Waals surface area (Å²) in [7, 11) is 0. The molecule has 61 heavy (non-hydrogen) atoms. The lowest BCUT2D eigenvalue weighted by Crippen LogP contribution is -2.37. The summed E-state index contributed by atoms with van der Waals surface area (Å²) in [6.45, 7) is 6.89. The Morgan fingerprint density at radius 2 is 1.30 bits per heavy atom. The van der Waals surface area contributed by atoms with Crippen LogP contribution >= 0.6 is 0 Å². The monoisotopic (exact) mass is 794 g/mol. The number of aryl methyl sites for hydroxylation is 3. The molecule has 0 amide bonds. The van der Waals surface area contributed by atoms with Crippen LogP contribution in [0.25, 0.3) is 44.9 Å². The summed E-state index contributed by atoms with van der Waals surface area (Å²) in [5.74, 6) is 1.52. The standard InChI is InChI=1S/C57H50N2O2/c1-36-22-26-53-48(30-36)49-31-40(24-27-54(49)60-53)58(38-14-6-4-7-15-38)51-33-46-43-19-11-13-21-45(43)52(34-47(46)42-18-10-12-20-44(42)51)59(39-16-8-5-9-17-39)41-25-28-55-50(32-41)57(3)35-37(2)23-29-56(57)61-55/h4-6,8-9,12-14,16-17,20-34,37,56H,7,10-11,15,18-19,35H2,1-3H3. The summed E-state index contributed by atoms with van der Waals surface area (Å²) in [4.78, 5) is 5.08. The molecule has 3 unspecified atom stereocenters. The minimum Gasteiger partial charge on any atom is -0.485 e. The van der Waals surface area contributed by atoms with Gasteiger partial charge in [-0.05, 0) is 165 Å². The molecule has 4 heteroatoms. The SMILES string of the molecule is Cc1ccc2oc3ccc(N(C4=CC=CCC4)c4cc5c6c(c(N(c7ccccc7)c7ccc8c(c7)C7(C)CC(C)C=CC7O8)cc5c5c4C=CCC5)C=CCC6)cc3c2c1. The van der Waals surface area contributed by atoms with E-state index in [1.165, 1.54) is 78.0 Å². The van der Waals surface area contributed by atoms with Gasteiger partial charge in [0.1, 0.15) is 23.0 Å². The minimum absolute atomic E-state index is 0.0642. The fourth-order valence-corrected chi connectivity index (χ4v) is 11.2. The minimum atomic E-state index is -0.0734. The summed E-state index contributed by atoms with van der Waals surface area (Å²) in [5.41, 5.74) is 17.1. The van der Waals surface area contributed by atoms with Crippen LogP contribution < -0.4 is 14.5 Å². The Morgan fingerprint density at radius 1 is 0.623 bits per heavy atom. The summed E-state index contributed by atoms with van der Waals surface area (Å²) < 4.78 is 13.0. The highest BCUT2D eigenvalue weighted by Crippen LogP contribution is 2.53. The first kappa shape index (κ1) is 36.3. The van der Waals surface area contributed by atoms with Gasteiger partial charge in [-0.3, -0.25) is 0 Å². The predicted molar refractivity (Wildman–Crippen MR) is 255 cm³/mol. The van der Waals surface area contributed by atoms with Gasteiger partial charge in [0, 0.05) is 55.6 Å². The Hall–Kier alpha value is -6.52. The van der Waals surface area contributed by atoms with E-state index in [1.54, 1.807) is 0 Å². The second-order valence-electron chi connectivity index (χ2n) is 18.2. The van der Waals surface area contributed by atoms with Crippen LogP contribution in [0.5, 0.6) is 5.75 Å². The second-order valence-corrected chi connectivity index (χ2v) is 18.2. The van der Waals surface area contributed by atoms with E-state index in [2.05, 4.69) is 182 Å². The first-order valence-electron chi connectivity index (χ1n) is 22.3. The Morgan fingerprint density at radius 3 is 2.03 bits per heavy atom. The number of rotatable bonds is 6. The maximum absolute atomic E-state index is 6.63. The number of hydrogen-bond acceptors (Lipinski definition) is 4. The van der Waals surface area contributed by atoms with Gasteiger partial charge in [0.15, 0.2) is 0 Å². The average molecular weight is 795 g/mol. The number of nitrogens with zero attached hydrogens (tertiary/aromatic N) is 2. The highest BCUT2D eigenvalue weighted by atomic mass is 16.5. The molecule has 1 aliphatic heterocycles. The summed E-state index contributed by atoms with van der Waals surface area (Å²) >= 11 is 0. The zero-order chi connectivity index (χ0) is 40.8. The molecule has 0 saturated heterocycles. The van der Waals surface area contributed by atoms with Crippen molar-refractivity contribution in [3.8, 4) is 5.75 Å². The molecular weight excluding hydrogens is 745 g/mol. The van der Waals surface area contributed by atoms with Crippen LogP contribution in [0.2, 0.25) is 0 Å². The van der Waals surface area contributed by atoms with Gasteiger partial charge >= 0.3 is 0 Å². The molecule has 3 atom stereocenters. The number of fused-ring (bicyclic) bond motifs is 11. The van der Waals surface area contributed by atoms with E-state index in [0.29, 0.717) is 5.92 Å². The normalized spacial score (nSPS) is 20.9. The molecule has 5 aliphatic rings. The number of allylic oxidation sites excluding steroid dienone is 7. The lowest BCUT2D eigenvalue weighted by molar-refractivity contribution is 0.175. The fourth-order valence-electron chi connectivity index (χ4n) is 11.2. The largest absolute Gasteiger partial charge is 0.485 e. The number of hydrogen-bond donors (Lipinski definition) is 0. The molecule has 1 aromatic heterocycles. The van der Waals surface area contributed by atoms with E-state index in [1.807, 2.05) is 0 Å². The maximum Gasteiger partial charge on any atom is 0.135 e. The number of furan rings is 1. The molecule has 0 fully saturated rings. The summed E-state index contributed by atoms with van der Waals surface area (Å²) in [6.07, 6.45) is 28.2. The van der Waals surface area contributed by atoms with Gasteiger partial charge in [-0.15, -0.1) is 0 Å². The zero-order valence-electron chi connectivity index (χ0n) is 35.2. The van der Waals surface area contributed by atoms with Gasteiger partial charge in [0.05, 0.1) is 11.4 Å². The lowest BCUT2D eigenvalue weighted by atomic mass is 9.70. The van der Waals surface area contributed by atoms with E-state index >= 15 is 0 Å². The van der Waals surface area contributed by atoms with E-state index in [4.69, 9.17) is 9.15 Å². The number of ether oxygens (including phenoxy) is 1. The molecule has 6 aromatic carbocycles. The quantitative estimate of drug-likeness (QED) is 0.157. The second kappa shape index (κ2) is 14.0. The highest BCUT2D eigenvalue weighted by Gasteiger charge is 2.46. The summed E-state index contributed by atoms with van der Waals surface area (Å²) in [6, 6.07) is 36.2. The van der Waals surface area contributed by atoms with Crippen LogP contribution in [0.1, 0.15) is 79.3 Å². The molecule has 0 bridgehead atoms. The van der Waals surface area contributed by atoms with Crippen LogP contribution in [0.4, 0.5) is 28.4 Å². The fraction of sp³-hybridized carbons (Fsp3) is 0.228. The topological polar surface area (TPSA) is 28.9 Å². The van der Waals surface area contributed by atoms with Gasteiger partial charge in [-0.1, -0.05) is 86.2 Å². The van der Waals surface area contributed by atoms with Crippen molar-refractivity contribution < 1.29 is 9.15 Å². The van der Waals surface area contributed by atoms with Gasteiger partial charge in [-0.25, -0.2) is 0 Å². The molecule has 2 heterocycles. The molecule has 12 rings (SSSR count). The molecule has 0 saturated carbocycles. The molecule has 4 nitrogen and oxygen atoms in total. The van der Waals surface area contributed by atoms with Crippen LogP contribution in [-0.4, -0.2) is 6.10 Å². The van der Waals surface area contributed by atoms with E-state index in [9.17, 15) is 0 Å². The van der Waals surface area contributed by atoms with Gasteiger partial charge in [0.2, 0.25) is 0 Å². The average Bonchev–Trinajstić information content (AvgIpc) is 3.80. The van der Waals surface area contributed by atoms with Gasteiger partial charge < -0.3 is 19.0 Å². The Labute approximate surface area is 358 Å². The van der Waals surface area contributed by atoms with Crippen LogP contribution in [-0.2, 0) is 18.3 Å². The van der Waals surface area contributed by atoms with Crippen molar-refractivity contribution in [1.29, 1.82) is 0 Å². The van der Waals surface area contributed by atoms with Crippen molar-refractivity contribution in [2.24, 2.45) is 5.92 Å². The molecule has 0 spiro atoms. The van der Waals surface area contributed by atoms with Crippen LogP contribution in [0.3, 0.4) is 0 Å². The number of anilines is 5. The molecule has 300 valence electrons. The number of para-hydroxylation sites is 1. The number of benzene rings is 6. The van der Waals surface area contributed by atoms with Crippen molar-refractivity contribution in [2.75, 3.05) is 9.80 Å². The highest BCUT2D eigenvalue weighted by molar-refractivity contribution is 6.08. The summed E-state index contributed by atoms with van der Waals surface area (Å²) in [5, 5.41) is 5.05. The van der Waals surface area contributed by atoms with E-state index in [0.717, 1.165) is 72.9 Å². The van der Waals surface area contributed by atoms with Crippen LogP contribution in [0, 0.1) is 12.8 Å². The molecule has 7 aromatic rings. The van der Waals surface area contributed by atoms with Gasteiger partial charge in [-0.2, -0.15) is 0 Å². The van der Waals surface area contributed by atoms with E-state index in [-0.39, 0.29) is 11.5 Å².